The molecule has 0 radical (unpaired) electrons. The van der Waals surface area contributed by atoms with Crippen LogP contribution in [0.25, 0.3) is 0 Å². The highest BCUT2D eigenvalue weighted by atomic mass is 16.5. The first-order chi connectivity index (χ1) is 9.79. The average molecular weight is 277 g/mol. The number of rotatable bonds is 6. The molecular formula is C15H23N3O2. The lowest BCUT2D eigenvalue weighted by molar-refractivity contribution is -0.131. The van der Waals surface area contributed by atoms with Crippen molar-refractivity contribution in [2.24, 2.45) is 0 Å². The monoisotopic (exact) mass is 277 g/mol. The summed E-state index contributed by atoms with van der Waals surface area (Å²) in [6.45, 7) is 3.30. The Morgan fingerprint density at radius 1 is 1.35 bits per heavy atom. The van der Waals surface area contributed by atoms with Crippen molar-refractivity contribution in [2.75, 3.05) is 26.7 Å². The van der Waals surface area contributed by atoms with Crippen LogP contribution in [-0.4, -0.2) is 42.5 Å². The van der Waals surface area contributed by atoms with E-state index < -0.39 is 0 Å². The number of aromatic nitrogens is 1. The van der Waals surface area contributed by atoms with Crippen LogP contribution in [0.1, 0.15) is 31.2 Å². The lowest BCUT2D eigenvalue weighted by Gasteiger charge is -2.26. The molecule has 1 saturated heterocycles. The van der Waals surface area contributed by atoms with Crippen LogP contribution in [0.4, 0.5) is 0 Å². The minimum Gasteiger partial charge on any atom is -0.481 e. The van der Waals surface area contributed by atoms with Gasteiger partial charge in [-0.25, -0.2) is 4.98 Å². The molecule has 1 aliphatic heterocycles. The van der Waals surface area contributed by atoms with Gasteiger partial charge in [-0.2, -0.15) is 0 Å². The Balaban J connectivity index is 1.64. The summed E-state index contributed by atoms with van der Waals surface area (Å²) in [5.41, 5.74) is 1.09. The SMILES string of the molecule is COc1ccc(CNCCC(=O)N2CCCCC2)cn1. The Morgan fingerprint density at radius 3 is 2.80 bits per heavy atom. The first-order valence-electron chi connectivity index (χ1n) is 7.27. The van der Waals surface area contributed by atoms with Crippen LogP contribution in [0.5, 0.6) is 5.88 Å². The predicted molar refractivity (Wildman–Crippen MR) is 77.5 cm³/mol. The molecule has 1 N–H and O–H groups in total. The van der Waals surface area contributed by atoms with Gasteiger partial charge in [-0.05, 0) is 24.8 Å². The van der Waals surface area contributed by atoms with Crippen LogP contribution in [0, 0.1) is 0 Å². The van der Waals surface area contributed by atoms with Crippen molar-refractivity contribution >= 4 is 5.91 Å². The Labute approximate surface area is 120 Å². The van der Waals surface area contributed by atoms with E-state index in [0.717, 1.165) is 38.0 Å². The normalized spacial score (nSPS) is 15.2. The maximum absolute atomic E-state index is 11.9. The van der Waals surface area contributed by atoms with E-state index in [4.69, 9.17) is 4.74 Å². The number of carbonyl (C=O) groups excluding carboxylic acids is 1. The van der Waals surface area contributed by atoms with Crippen molar-refractivity contribution in [1.29, 1.82) is 0 Å². The van der Waals surface area contributed by atoms with Gasteiger partial charge in [-0.3, -0.25) is 4.79 Å². The zero-order chi connectivity index (χ0) is 14.2. The molecule has 0 aliphatic carbocycles. The third-order valence-electron chi connectivity index (χ3n) is 3.56. The molecular weight excluding hydrogens is 254 g/mol. The molecule has 5 heteroatoms. The summed E-state index contributed by atoms with van der Waals surface area (Å²) >= 11 is 0. The fraction of sp³-hybridized carbons (Fsp3) is 0.600. The lowest BCUT2D eigenvalue weighted by atomic mass is 10.1. The van der Waals surface area contributed by atoms with Crippen molar-refractivity contribution < 1.29 is 9.53 Å². The summed E-state index contributed by atoms with van der Waals surface area (Å²) in [6.07, 6.45) is 5.92. The fourth-order valence-corrected chi connectivity index (χ4v) is 2.37. The molecule has 0 saturated carbocycles. The van der Waals surface area contributed by atoms with Crippen LogP contribution >= 0.6 is 0 Å². The number of likely N-dealkylation sites (tertiary alicyclic amines) is 1. The van der Waals surface area contributed by atoms with E-state index in [2.05, 4.69) is 10.3 Å². The molecule has 1 fully saturated rings. The van der Waals surface area contributed by atoms with Gasteiger partial charge in [-0.1, -0.05) is 6.07 Å². The van der Waals surface area contributed by atoms with E-state index in [1.165, 1.54) is 6.42 Å². The molecule has 0 atom stereocenters. The van der Waals surface area contributed by atoms with Crippen molar-refractivity contribution in [1.82, 2.24) is 15.2 Å². The number of nitrogens with zero attached hydrogens (tertiary/aromatic N) is 2. The van der Waals surface area contributed by atoms with E-state index in [-0.39, 0.29) is 5.91 Å². The van der Waals surface area contributed by atoms with Gasteiger partial charge in [0.15, 0.2) is 0 Å². The van der Waals surface area contributed by atoms with Crippen LogP contribution in [-0.2, 0) is 11.3 Å². The summed E-state index contributed by atoms with van der Waals surface area (Å²) in [4.78, 5) is 18.1. The summed E-state index contributed by atoms with van der Waals surface area (Å²) < 4.78 is 5.01. The lowest BCUT2D eigenvalue weighted by Crippen LogP contribution is -2.37. The standard InChI is InChI=1S/C15H23N3O2/c1-20-14-6-5-13(12-17-14)11-16-8-7-15(19)18-9-3-2-4-10-18/h5-6,12,16H,2-4,7-11H2,1H3. The molecule has 2 rings (SSSR count). The molecule has 5 nitrogen and oxygen atoms in total. The topological polar surface area (TPSA) is 54.5 Å². The average Bonchev–Trinajstić information content (AvgIpc) is 2.53. The van der Waals surface area contributed by atoms with Crippen molar-refractivity contribution in [3.63, 3.8) is 0 Å². The van der Waals surface area contributed by atoms with Gasteiger partial charge >= 0.3 is 0 Å². The van der Waals surface area contributed by atoms with Crippen molar-refractivity contribution in [3.8, 4) is 5.88 Å². The summed E-state index contributed by atoms with van der Waals surface area (Å²) in [7, 11) is 1.60. The van der Waals surface area contributed by atoms with Gasteiger partial charge in [0.1, 0.15) is 0 Å². The molecule has 0 bridgehead atoms. The minimum absolute atomic E-state index is 0.269. The predicted octanol–water partition coefficient (Wildman–Crippen LogP) is 1.58. The number of piperidine rings is 1. The summed E-state index contributed by atoms with van der Waals surface area (Å²) in [5, 5.41) is 3.28. The van der Waals surface area contributed by atoms with Crippen LogP contribution in [0.2, 0.25) is 0 Å². The number of carbonyl (C=O) groups is 1. The second-order valence-corrected chi connectivity index (χ2v) is 5.08. The maximum Gasteiger partial charge on any atom is 0.223 e. The molecule has 2 heterocycles. The Hall–Kier alpha value is -1.62. The molecule has 0 aromatic carbocycles. The van der Waals surface area contributed by atoms with E-state index in [9.17, 15) is 4.79 Å². The molecule has 110 valence electrons. The van der Waals surface area contributed by atoms with Gasteiger partial charge in [0.2, 0.25) is 11.8 Å². The smallest absolute Gasteiger partial charge is 0.223 e. The van der Waals surface area contributed by atoms with Gasteiger partial charge in [0, 0.05) is 44.9 Å². The molecule has 1 aliphatic rings. The van der Waals surface area contributed by atoms with Crippen molar-refractivity contribution in [3.05, 3.63) is 23.9 Å². The number of pyridine rings is 1. The number of hydrogen-bond acceptors (Lipinski definition) is 4. The highest BCUT2D eigenvalue weighted by Gasteiger charge is 2.15. The second-order valence-electron chi connectivity index (χ2n) is 5.08. The van der Waals surface area contributed by atoms with E-state index >= 15 is 0 Å². The number of nitrogens with one attached hydrogen (secondary N) is 1. The molecule has 1 aromatic rings. The number of hydrogen-bond donors (Lipinski definition) is 1. The highest BCUT2D eigenvalue weighted by molar-refractivity contribution is 5.76. The largest absolute Gasteiger partial charge is 0.481 e. The third kappa shape index (κ3) is 4.49. The third-order valence-corrected chi connectivity index (χ3v) is 3.56. The first-order valence-corrected chi connectivity index (χ1v) is 7.27. The molecule has 0 unspecified atom stereocenters. The Morgan fingerprint density at radius 2 is 2.15 bits per heavy atom. The Kier molecular flexibility index (Phi) is 5.80. The maximum atomic E-state index is 11.9. The second kappa shape index (κ2) is 7.85. The highest BCUT2D eigenvalue weighted by Crippen LogP contribution is 2.09. The molecule has 1 aromatic heterocycles. The van der Waals surface area contributed by atoms with Crippen LogP contribution in [0.15, 0.2) is 18.3 Å². The van der Waals surface area contributed by atoms with E-state index in [1.54, 1.807) is 13.3 Å². The summed E-state index contributed by atoms with van der Waals surface area (Å²) in [5.74, 6) is 0.888. The number of ether oxygens (including phenoxy) is 1. The summed E-state index contributed by atoms with van der Waals surface area (Å²) in [6, 6.07) is 3.82. The van der Waals surface area contributed by atoms with Crippen molar-refractivity contribution in [2.45, 2.75) is 32.2 Å². The molecule has 20 heavy (non-hydrogen) atoms. The van der Waals surface area contributed by atoms with Gasteiger partial charge < -0.3 is 15.0 Å². The van der Waals surface area contributed by atoms with Crippen LogP contribution in [0.3, 0.4) is 0 Å². The Bertz CT molecular complexity index is 414. The van der Waals surface area contributed by atoms with Gasteiger partial charge in [0.25, 0.3) is 0 Å². The van der Waals surface area contributed by atoms with E-state index in [0.29, 0.717) is 18.8 Å². The zero-order valence-corrected chi connectivity index (χ0v) is 12.1. The zero-order valence-electron chi connectivity index (χ0n) is 12.1. The molecule has 0 spiro atoms. The molecule has 1 amide bonds. The number of methoxy groups -OCH3 is 1. The van der Waals surface area contributed by atoms with Gasteiger partial charge in [-0.15, -0.1) is 0 Å². The fourth-order valence-electron chi connectivity index (χ4n) is 2.37. The van der Waals surface area contributed by atoms with E-state index in [1.807, 2.05) is 17.0 Å². The number of amides is 1. The first kappa shape index (κ1) is 14.8. The van der Waals surface area contributed by atoms with Crippen LogP contribution < -0.4 is 10.1 Å². The van der Waals surface area contributed by atoms with Gasteiger partial charge in [0.05, 0.1) is 7.11 Å². The quantitative estimate of drug-likeness (QED) is 0.802. The minimum atomic E-state index is 0.269.